The number of ketones is 1. The second kappa shape index (κ2) is 9.34. The number of amides is 1. The molecule has 1 amide bonds. The van der Waals surface area contributed by atoms with E-state index in [-0.39, 0.29) is 22.9 Å². The summed E-state index contributed by atoms with van der Waals surface area (Å²) in [5.41, 5.74) is 5.53. The van der Waals surface area contributed by atoms with Crippen LogP contribution in [0.15, 0.2) is 75.7 Å². The first-order valence-corrected chi connectivity index (χ1v) is 12.9. The Morgan fingerprint density at radius 3 is 2.38 bits per heavy atom. The Balaban J connectivity index is 1.38. The van der Waals surface area contributed by atoms with Gasteiger partial charge in [-0.15, -0.1) is 0 Å². The van der Waals surface area contributed by atoms with Crippen LogP contribution >= 0.6 is 0 Å². The monoisotopic (exact) mass is 522 g/mol. The lowest BCUT2D eigenvalue weighted by atomic mass is 9.90. The molecule has 0 bridgehead atoms. The molecule has 1 aliphatic rings. The van der Waals surface area contributed by atoms with E-state index in [9.17, 15) is 14.0 Å². The molecule has 1 saturated carbocycles. The average molecular weight is 523 g/mol. The third-order valence-electron chi connectivity index (χ3n) is 7.64. The molecule has 0 atom stereocenters. The highest BCUT2D eigenvalue weighted by atomic mass is 19.1. The van der Waals surface area contributed by atoms with Gasteiger partial charge in [-0.3, -0.25) is 9.59 Å². The van der Waals surface area contributed by atoms with E-state index in [1.165, 1.54) is 12.1 Å². The summed E-state index contributed by atoms with van der Waals surface area (Å²) in [6, 6.07) is 19.2. The number of fused-ring (bicyclic) bond motifs is 1. The van der Waals surface area contributed by atoms with Crippen LogP contribution in [0, 0.1) is 19.7 Å². The van der Waals surface area contributed by atoms with Crippen molar-refractivity contribution in [1.29, 1.82) is 0 Å². The Hall–Kier alpha value is -4.52. The third kappa shape index (κ3) is 4.44. The first-order valence-electron chi connectivity index (χ1n) is 12.9. The number of aryl methyl sites for hydroxylation is 2. The quantitative estimate of drug-likeness (QED) is 0.229. The number of benzene rings is 3. The van der Waals surface area contributed by atoms with Crippen LogP contribution in [0.25, 0.3) is 33.4 Å². The fourth-order valence-electron chi connectivity index (χ4n) is 5.23. The van der Waals surface area contributed by atoms with Crippen molar-refractivity contribution in [2.24, 2.45) is 0 Å². The van der Waals surface area contributed by atoms with Gasteiger partial charge < -0.3 is 14.3 Å². The van der Waals surface area contributed by atoms with Crippen LogP contribution in [-0.4, -0.2) is 23.9 Å². The topological polar surface area (TPSA) is 85.3 Å². The van der Waals surface area contributed by atoms with Crippen molar-refractivity contribution < 1.29 is 22.9 Å². The molecular formula is C32H27FN2O4. The molecule has 6 rings (SSSR count). The van der Waals surface area contributed by atoms with Crippen LogP contribution in [0.4, 0.5) is 4.39 Å². The molecule has 7 heteroatoms. The van der Waals surface area contributed by atoms with Crippen LogP contribution in [0.3, 0.4) is 0 Å². The zero-order valence-corrected chi connectivity index (χ0v) is 21.9. The van der Waals surface area contributed by atoms with Gasteiger partial charge in [0.15, 0.2) is 5.78 Å². The second-order valence-electron chi connectivity index (χ2n) is 10.3. The van der Waals surface area contributed by atoms with E-state index in [0.29, 0.717) is 39.8 Å². The van der Waals surface area contributed by atoms with E-state index in [1.54, 1.807) is 19.2 Å². The molecule has 1 N–H and O–H groups in total. The molecule has 39 heavy (non-hydrogen) atoms. The Kier molecular flexibility index (Phi) is 5.94. The maximum Gasteiger partial charge on any atom is 0.255 e. The van der Waals surface area contributed by atoms with Crippen LogP contribution < -0.4 is 5.32 Å². The summed E-state index contributed by atoms with van der Waals surface area (Å²) in [6.45, 7) is 3.85. The van der Waals surface area contributed by atoms with E-state index < -0.39 is 0 Å². The third-order valence-corrected chi connectivity index (χ3v) is 7.64. The van der Waals surface area contributed by atoms with Crippen LogP contribution in [0.2, 0.25) is 0 Å². The summed E-state index contributed by atoms with van der Waals surface area (Å²) >= 11 is 0. The minimum atomic E-state index is -0.368. The average Bonchev–Trinajstić information content (AvgIpc) is 3.40. The van der Waals surface area contributed by atoms with Gasteiger partial charge >= 0.3 is 0 Å². The SMILES string of the molecule is CNC(=O)c1c(-c2ccc(F)cc2)oc2ccc(-c3cc(C(=O)CC4(c5cc(C)on5)CC4)ccc3C)cc12. The fraction of sp³-hybridized carbons (Fsp3) is 0.219. The van der Waals surface area contributed by atoms with Crippen molar-refractivity contribution in [3.63, 3.8) is 0 Å². The van der Waals surface area contributed by atoms with Gasteiger partial charge in [0.1, 0.15) is 22.9 Å². The summed E-state index contributed by atoms with van der Waals surface area (Å²) in [7, 11) is 1.56. The molecule has 0 aliphatic heterocycles. The van der Waals surface area contributed by atoms with Crippen LogP contribution in [0.1, 0.15) is 57.0 Å². The smallest absolute Gasteiger partial charge is 0.255 e. The summed E-state index contributed by atoms with van der Waals surface area (Å²) in [4.78, 5) is 26.4. The van der Waals surface area contributed by atoms with Gasteiger partial charge in [0, 0.05) is 41.5 Å². The van der Waals surface area contributed by atoms with E-state index in [2.05, 4.69) is 10.5 Å². The minimum Gasteiger partial charge on any atom is -0.455 e. The molecule has 0 saturated heterocycles. The molecular weight excluding hydrogens is 495 g/mol. The van der Waals surface area contributed by atoms with Gasteiger partial charge in [-0.1, -0.05) is 23.4 Å². The number of furan rings is 1. The minimum absolute atomic E-state index is 0.0587. The Morgan fingerprint density at radius 1 is 0.974 bits per heavy atom. The number of hydrogen-bond donors (Lipinski definition) is 1. The Bertz CT molecular complexity index is 1740. The molecule has 6 nitrogen and oxygen atoms in total. The Labute approximate surface area is 224 Å². The van der Waals surface area contributed by atoms with Crippen molar-refractivity contribution in [3.8, 4) is 22.5 Å². The van der Waals surface area contributed by atoms with Gasteiger partial charge in [-0.25, -0.2) is 4.39 Å². The van der Waals surface area contributed by atoms with Gasteiger partial charge in [0.2, 0.25) is 0 Å². The molecule has 196 valence electrons. The van der Waals surface area contributed by atoms with Gasteiger partial charge in [0.05, 0.1) is 11.3 Å². The summed E-state index contributed by atoms with van der Waals surface area (Å²) in [5.74, 6) is 0.508. The fourth-order valence-corrected chi connectivity index (χ4v) is 5.23. The molecule has 0 unspecified atom stereocenters. The van der Waals surface area contributed by atoms with Gasteiger partial charge in [-0.05, 0) is 85.8 Å². The van der Waals surface area contributed by atoms with E-state index in [0.717, 1.165) is 41.0 Å². The van der Waals surface area contributed by atoms with Crippen LogP contribution in [-0.2, 0) is 5.41 Å². The molecule has 2 heterocycles. The van der Waals surface area contributed by atoms with Gasteiger partial charge in [-0.2, -0.15) is 0 Å². The number of carbonyl (C=O) groups excluding carboxylic acids is 2. The van der Waals surface area contributed by atoms with Crippen molar-refractivity contribution in [1.82, 2.24) is 10.5 Å². The maximum absolute atomic E-state index is 13.5. The number of nitrogens with one attached hydrogen (secondary N) is 1. The normalized spacial score (nSPS) is 13.9. The lowest BCUT2D eigenvalue weighted by Gasteiger charge is -2.13. The highest BCUT2D eigenvalue weighted by Crippen LogP contribution is 2.51. The molecule has 0 radical (unpaired) electrons. The first kappa shape index (κ1) is 24.8. The summed E-state index contributed by atoms with van der Waals surface area (Å²) in [6.07, 6.45) is 2.21. The number of halogens is 1. The number of nitrogens with zero attached hydrogens (tertiary/aromatic N) is 1. The van der Waals surface area contributed by atoms with Crippen molar-refractivity contribution in [2.75, 3.05) is 7.05 Å². The van der Waals surface area contributed by atoms with Crippen molar-refractivity contribution in [2.45, 2.75) is 38.5 Å². The van der Waals surface area contributed by atoms with Gasteiger partial charge in [0.25, 0.3) is 5.91 Å². The number of aromatic nitrogens is 1. The van der Waals surface area contributed by atoms with E-state index in [1.807, 2.05) is 56.3 Å². The number of carbonyl (C=O) groups is 2. The molecule has 0 spiro atoms. The molecule has 1 fully saturated rings. The number of rotatable bonds is 7. The lowest BCUT2D eigenvalue weighted by molar-refractivity contribution is 0.0958. The zero-order valence-electron chi connectivity index (χ0n) is 21.9. The molecule has 1 aliphatic carbocycles. The number of Topliss-reactive ketones (excluding diaryl/α,β-unsaturated/α-hetero) is 1. The van der Waals surface area contributed by atoms with Crippen LogP contribution in [0.5, 0.6) is 0 Å². The molecule has 2 aromatic heterocycles. The zero-order chi connectivity index (χ0) is 27.3. The molecule has 5 aromatic rings. The second-order valence-corrected chi connectivity index (χ2v) is 10.3. The summed E-state index contributed by atoms with van der Waals surface area (Å²) < 4.78 is 24.9. The lowest BCUT2D eigenvalue weighted by Crippen LogP contribution is -2.18. The highest BCUT2D eigenvalue weighted by Gasteiger charge is 2.48. The van der Waals surface area contributed by atoms with E-state index >= 15 is 0 Å². The predicted octanol–water partition coefficient (Wildman–Crippen LogP) is 7.17. The predicted molar refractivity (Wildman–Crippen MR) is 146 cm³/mol. The standard InChI is InChI=1S/C32H27FN2O4/c1-18-4-5-22(26(36)17-32(12-13-32)28-14-19(2)39-35-28)16-24(18)21-8-11-27-25(15-21)29(31(37)34-3)30(38-27)20-6-9-23(33)10-7-20/h4-11,14-16H,12-13,17H2,1-3H3,(H,34,37). The number of hydrogen-bond acceptors (Lipinski definition) is 5. The molecule has 3 aromatic carbocycles. The Morgan fingerprint density at radius 2 is 1.72 bits per heavy atom. The van der Waals surface area contributed by atoms with Crippen molar-refractivity contribution >= 4 is 22.7 Å². The largest absolute Gasteiger partial charge is 0.455 e. The summed E-state index contributed by atoms with van der Waals surface area (Å²) in [5, 5.41) is 7.50. The van der Waals surface area contributed by atoms with Crippen molar-refractivity contribution in [3.05, 3.63) is 101 Å². The first-order chi connectivity index (χ1) is 18.8. The maximum atomic E-state index is 13.5. The highest BCUT2D eigenvalue weighted by molar-refractivity contribution is 6.12. The van der Waals surface area contributed by atoms with E-state index in [4.69, 9.17) is 8.94 Å².